The van der Waals surface area contributed by atoms with Gasteiger partial charge in [0.05, 0.1) is 18.9 Å². The van der Waals surface area contributed by atoms with Crippen LogP contribution in [0, 0.1) is 0 Å². The number of benzene rings is 3. The molecule has 0 bridgehead atoms. The Morgan fingerprint density at radius 3 is 1.97 bits per heavy atom. The predicted molar refractivity (Wildman–Crippen MR) is 121 cm³/mol. The van der Waals surface area contributed by atoms with Gasteiger partial charge in [-0.15, -0.1) is 0 Å². The fraction of sp³-hybridized carbons (Fsp3) is 0.160. The molecule has 4 heteroatoms. The molecule has 0 aliphatic carbocycles. The van der Waals surface area contributed by atoms with Crippen molar-refractivity contribution in [3.05, 3.63) is 90.6 Å². The van der Waals surface area contributed by atoms with Crippen molar-refractivity contribution in [2.45, 2.75) is 13.8 Å². The highest BCUT2D eigenvalue weighted by Gasteiger charge is 2.00. The lowest BCUT2D eigenvalue weighted by molar-refractivity contribution is 0.340. The zero-order valence-corrected chi connectivity index (χ0v) is 16.8. The Morgan fingerprint density at radius 1 is 0.793 bits per heavy atom. The zero-order chi connectivity index (χ0) is 20.3. The van der Waals surface area contributed by atoms with E-state index < -0.39 is 0 Å². The molecule has 4 nitrogen and oxygen atoms in total. The van der Waals surface area contributed by atoms with E-state index in [0.717, 1.165) is 34.0 Å². The minimum Gasteiger partial charge on any atom is -0.494 e. The normalized spacial score (nSPS) is 11.4. The van der Waals surface area contributed by atoms with Crippen LogP contribution in [0.25, 0.3) is 5.57 Å². The van der Waals surface area contributed by atoms with Crippen molar-refractivity contribution in [2.24, 2.45) is 4.99 Å². The maximum Gasteiger partial charge on any atom is 0.119 e. The van der Waals surface area contributed by atoms with E-state index in [-0.39, 0.29) is 0 Å². The third-order valence-corrected chi connectivity index (χ3v) is 4.17. The second-order valence-electron chi connectivity index (χ2n) is 6.25. The van der Waals surface area contributed by atoms with Gasteiger partial charge in [0, 0.05) is 23.7 Å². The van der Waals surface area contributed by atoms with E-state index in [1.54, 1.807) is 0 Å². The van der Waals surface area contributed by atoms with Crippen LogP contribution in [0.15, 0.2) is 90.1 Å². The van der Waals surface area contributed by atoms with E-state index in [4.69, 9.17) is 9.47 Å². The van der Waals surface area contributed by atoms with Gasteiger partial charge in [0.15, 0.2) is 0 Å². The van der Waals surface area contributed by atoms with Crippen molar-refractivity contribution < 1.29 is 9.47 Å². The molecule has 0 saturated heterocycles. The highest BCUT2D eigenvalue weighted by atomic mass is 16.5. The maximum atomic E-state index is 5.49. The van der Waals surface area contributed by atoms with Crippen LogP contribution in [-0.4, -0.2) is 19.4 Å². The molecule has 0 heterocycles. The van der Waals surface area contributed by atoms with Crippen molar-refractivity contribution in [1.29, 1.82) is 0 Å². The minimum absolute atomic E-state index is 0.653. The van der Waals surface area contributed by atoms with Gasteiger partial charge >= 0.3 is 0 Å². The molecule has 0 aliphatic heterocycles. The van der Waals surface area contributed by atoms with Crippen LogP contribution >= 0.6 is 0 Å². The zero-order valence-electron chi connectivity index (χ0n) is 16.8. The van der Waals surface area contributed by atoms with E-state index in [1.807, 2.05) is 93.0 Å². The van der Waals surface area contributed by atoms with Gasteiger partial charge in [-0.2, -0.15) is 0 Å². The summed E-state index contributed by atoms with van der Waals surface area (Å²) in [6, 6.07) is 25.8. The number of nitrogens with one attached hydrogen (secondary N) is 1. The van der Waals surface area contributed by atoms with E-state index in [9.17, 15) is 0 Å². The monoisotopic (exact) mass is 386 g/mol. The molecule has 0 aliphatic rings. The molecule has 148 valence electrons. The molecule has 0 amide bonds. The first kappa shape index (κ1) is 20.2. The van der Waals surface area contributed by atoms with Gasteiger partial charge in [0.2, 0.25) is 0 Å². The molecular formula is C25H26N2O2. The number of ether oxygens (including phenoxy) is 2. The predicted octanol–water partition coefficient (Wildman–Crippen LogP) is 6.34. The van der Waals surface area contributed by atoms with Gasteiger partial charge < -0.3 is 14.8 Å². The average Bonchev–Trinajstić information content (AvgIpc) is 2.77. The molecule has 0 saturated carbocycles. The van der Waals surface area contributed by atoms with Crippen LogP contribution < -0.4 is 14.8 Å². The van der Waals surface area contributed by atoms with Gasteiger partial charge in [-0.3, -0.25) is 4.99 Å². The first-order valence-corrected chi connectivity index (χ1v) is 9.80. The number of aliphatic imine (C=N–C) groups is 1. The Kier molecular flexibility index (Phi) is 7.47. The van der Waals surface area contributed by atoms with Crippen LogP contribution in [0.5, 0.6) is 11.5 Å². The molecule has 0 unspecified atom stereocenters. The number of allylic oxidation sites excluding steroid dienone is 1. The lowest BCUT2D eigenvalue weighted by Gasteiger charge is -2.07. The van der Waals surface area contributed by atoms with Crippen molar-refractivity contribution in [3.8, 4) is 11.5 Å². The Balaban J connectivity index is 1.78. The molecule has 29 heavy (non-hydrogen) atoms. The molecule has 0 radical (unpaired) electrons. The number of rotatable bonds is 9. The molecule has 0 fully saturated rings. The van der Waals surface area contributed by atoms with Crippen LogP contribution in [-0.2, 0) is 0 Å². The van der Waals surface area contributed by atoms with Gasteiger partial charge in [0.25, 0.3) is 0 Å². The smallest absolute Gasteiger partial charge is 0.119 e. The average molecular weight is 386 g/mol. The number of hydrogen-bond acceptors (Lipinski definition) is 4. The summed E-state index contributed by atoms with van der Waals surface area (Å²) < 4.78 is 11.0. The van der Waals surface area contributed by atoms with Crippen molar-refractivity contribution >= 4 is 23.2 Å². The van der Waals surface area contributed by atoms with Crippen LogP contribution in [0.2, 0.25) is 0 Å². The number of hydrogen-bond donors (Lipinski definition) is 1. The Labute approximate surface area is 172 Å². The molecule has 3 aromatic carbocycles. The molecule has 0 spiro atoms. The van der Waals surface area contributed by atoms with E-state index in [0.29, 0.717) is 13.2 Å². The summed E-state index contributed by atoms with van der Waals surface area (Å²) in [6.45, 7) is 5.26. The first-order valence-electron chi connectivity index (χ1n) is 9.80. The second-order valence-corrected chi connectivity index (χ2v) is 6.25. The lowest BCUT2D eigenvalue weighted by Crippen LogP contribution is -1.95. The summed E-state index contributed by atoms with van der Waals surface area (Å²) >= 11 is 0. The highest BCUT2D eigenvalue weighted by molar-refractivity contribution is 6.11. The number of nitrogens with zero attached hydrogens (tertiary/aromatic N) is 1. The second kappa shape index (κ2) is 10.7. The summed E-state index contributed by atoms with van der Waals surface area (Å²) in [5.74, 6) is 1.71. The van der Waals surface area contributed by atoms with Gasteiger partial charge in [-0.1, -0.05) is 30.3 Å². The minimum atomic E-state index is 0.653. The molecule has 1 N–H and O–H groups in total. The third kappa shape index (κ3) is 6.25. The summed E-state index contributed by atoms with van der Waals surface area (Å²) in [6.07, 6.45) is 3.83. The van der Waals surface area contributed by atoms with Gasteiger partial charge in [0.1, 0.15) is 11.5 Å². The Hall–Kier alpha value is -3.53. The quantitative estimate of drug-likeness (QED) is 0.436. The molecule has 0 aromatic heterocycles. The van der Waals surface area contributed by atoms with Crippen LogP contribution in [0.4, 0.5) is 11.4 Å². The van der Waals surface area contributed by atoms with Gasteiger partial charge in [-0.25, -0.2) is 0 Å². The fourth-order valence-corrected chi connectivity index (χ4v) is 2.74. The Morgan fingerprint density at radius 2 is 1.38 bits per heavy atom. The topological polar surface area (TPSA) is 42.8 Å². The molecule has 0 atom stereocenters. The van der Waals surface area contributed by atoms with E-state index in [2.05, 4.69) is 22.4 Å². The van der Waals surface area contributed by atoms with Gasteiger partial charge in [-0.05, 0) is 67.9 Å². The van der Waals surface area contributed by atoms with Crippen LogP contribution in [0.1, 0.15) is 19.4 Å². The highest BCUT2D eigenvalue weighted by Crippen LogP contribution is 2.21. The maximum absolute atomic E-state index is 5.49. The summed E-state index contributed by atoms with van der Waals surface area (Å²) in [5.41, 5.74) is 3.92. The van der Waals surface area contributed by atoms with Crippen molar-refractivity contribution in [1.82, 2.24) is 0 Å². The fourth-order valence-electron chi connectivity index (χ4n) is 2.74. The van der Waals surface area contributed by atoms with Crippen LogP contribution in [0.3, 0.4) is 0 Å². The molecule has 3 rings (SSSR count). The Bertz CT molecular complexity index is 931. The SMILES string of the molecule is CCOc1ccc(N=C/C(=C/Nc2ccc(OCC)cc2)c2ccccc2)cc1. The van der Waals surface area contributed by atoms with Crippen molar-refractivity contribution in [3.63, 3.8) is 0 Å². The number of anilines is 1. The first-order chi connectivity index (χ1) is 14.3. The molecular weight excluding hydrogens is 360 g/mol. The van der Waals surface area contributed by atoms with E-state index >= 15 is 0 Å². The lowest BCUT2D eigenvalue weighted by atomic mass is 10.1. The largest absolute Gasteiger partial charge is 0.494 e. The summed E-state index contributed by atoms with van der Waals surface area (Å²) in [4.78, 5) is 4.63. The third-order valence-electron chi connectivity index (χ3n) is 4.17. The standard InChI is InChI=1S/C25H26N2O2/c1-3-28-24-14-10-22(11-15-24)26-18-21(20-8-6-5-7-9-20)19-27-23-12-16-25(17-13-23)29-4-2/h5-19,26H,3-4H2,1-2H3/b21-18-,27-19?. The van der Waals surface area contributed by atoms with Crippen molar-refractivity contribution in [2.75, 3.05) is 18.5 Å². The summed E-state index contributed by atoms with van der Waals surface area (Å²) in [5, 5.41) is 3.35. The summed E-state index contributed by atoms with van der Waals surface area (Å²) in [7, 11) is 0. The van der Waals surface area contributed by atoms with E-state index in [1.165, 1.54) is 0 Å². The molecule has 3 aromatic rings.